The Morgan fingerprint density at radius 3 is 2.70 bits per heavy atom. The van der Waals surface area contributed by atoms with Gasteiger partial charge in [0, 0.05) is 22.1 Å². The number of halogens is 2. The number of benzene rings is 1. The zero-order valence-corrected chi connectivity index (χ0v) is 14.6. The van der Waals surface area contributed by atoms with E-state index < -0.39 is 15.3 Å². The third kappa shape index (κ3) is 4.10. The van der Waals surface area contributed by atoms with Gasteiger partial charge < -0.3 is 5.32 Å². The summed E-state index contributed by atoms with van der Waals surface area (Å²) in [7, 11) is -3.43. The van der Waals surface area contributed by atoms with E-state index in [0.29, 0.717) is 27.8 Å². The van der Waals surface area contributed by atoms with Crippen molar-refractivity contribution >= 4 is 43.2 Å². The van der Waals surface area contributed by atoms with Crippen molar-refractivity contribution in [3.63, 3.8) is 0 Å². The van der Waals surface area contributed by atoms with Gasteiger partial charge in [0.25, 0.3) is 0 Å². The highest BCUT2D eigenvalue weighted by atomic mass is 79.9. The first kappa shape index (κ1) is 16.1. The third-order valence-corrected chi connectivity index (χ3v) is 6.10. The molecule has 4 nitrogen and oxygen atoms in total. The molecule has 0 radical (unpaired) electrons. The summed E-state index contributed by atoms with van der Waals surface area (Å²) in [5.74, 6) is 0. The number of rotatable bonds is 6. The fraction of sp³-hybridized carbons (Fsp3) is 0.538. The highest BCUT2D eigenvalue weighted by Gasteiger charge is 2.26. The molecule has 1 aliphatic rings. The molecule has 0 heterocycles. The second-order valence-electron chi connectivity index (χ2n) is 5.22. The SMILES string of the molecule is Cc1cc(Br)c(NS(=O)(=O)C(C)CNC2CC2)cc1Cl. The second-order valence-corrected chi connectivity index (χ2v) is 8.58. The van der Waals surface area contributed by atoms with Crippen LogP contribution in [0.25, 0.3) is 0 Å². The predicted molar refractivity (Wildman–Crippen MR) is 86.9 cm³/mol. The van der Waals surface area contributed by atoms with Crippen LogP contribution in [0, 0.1) is 6.92 Å². The Morgan fingerprint density at radius 2 is 2.10 bits per heavy atom. The Hall–Kier alpha value is -0.300. The van der Waals surface area contributed by atoms with Gasteiger partial charge >= 0.3 is 0 Å². The zero-order valence-electron chi connectivity index (χ0n) is 11.4. The van der Waals surface area contributed by atoms with Crippen LogP contribution in [-0.4, -0.2) is 26.3 Å². The molecule has 0 amide bonds. The van der Waals surface area contributed by atoms with Crippen molar-refractivity contribution in [3.05, 3.63) is 27.2 Å². The largest absolute Gasteiger partial charge is 0.313 e. The lowest BCUT2D eigenvalue weighted by Crippen LogP contribution is -2.35. The first-order chi connectivity index (χ1) is 9.29. The van der Waals surface area contributed by atoms with E-state index in [1.807, 2.05) is 6.92 Å². The van der Waals surface area contributed by atoms with Crippen LogP contribution in [0.3, 0.4) is 0 Å². The van der Waals surface area contributed by atoms with Crippen LogP contribution in [0.1, 0.15) is 25.3 Å². The smallest absolute Gasteiger partial charge is 0.236 e. The minimum Gasteiger partial charge on any atom is -0.313 e. The van der Waals surface area contributed by atoms with Gasteiger partial charge in [0.15, 0.2) is 0 Å². The molecule has 2 N–H and O–H groups in total. The molecule has 112 valence electrons. The lowest BCUT2D eigenvalue weighted by Gasteiger charge is -2.17. The van der Waals surface area contributed by atoms with Gasteiger partial charge in [-0.3, -0.25) is 4.72 Å². The standard InChI is InChI=1S/C13H18BrClN2O2S/c1-8-5-11(14)13(6-12(8)15)17-20(18,19)9(2)7-16-10-3-4-10/h5-6,9-10,16-17H,3-4,7H2,1-2H3. The highest BCUT2D eigenvalue weighted by Crippen LogP contribution is 2.30. The number of aryl methyl sites for hydroxylation is 1. The Morgan fingerprint density at radius 1 is 1.45 bits per heavy atom. The van der Waals surface area contributed by atoms with E-state index in [4.69, 9.17) is 11.6 Å². The number of hydrogen-bond acceptors (Lipinski definition) is 3. The fourth-order valence-corrected chi connectivity index (χ4v) is 3.55. The van der Waals surface area contributed by atoms with Gasteiger partial charge in [-0.25, -0.2) is 8.42 Å². The summed E-state index contributed by atoms with van der Waals surface area (Å²) in [4.78, 5) is 0. The Balaban J connectivity index is 2.08. The average molecular weight is 382 g/mol. The normalized spacial score (nSPS) is 17.0. The molecule has 1 atom stereocenters. The van der Waals surface area contributed by atoms with Gasteiger partial charge in [0.2, 0.25) is 10.0 Å². The molecular formula is C13H18BrClN2O2S. The van der Waals surface area contributed by atoms with Crippen LogP contribution < -0.4 is 10.0 Å². The molecule has 1 unspecified atom stereocenters. The van der Waals surface area contributed by atoms with Gasteiger partial charge in [-0.05, 0) is 60.3 Å². The molecule has 1 fully saturated rings. The monoisotopic (exact) mass is 380 g/mol. The van der Waals surface area contributed by atoms with E-state index >= 15 is 0 Å². The Bertz CT molecular complexity index is 603. The summed E-state index contributed by atoms with van der Waals surface area (Å²) in [6.07, 6.45) is 2.28. The molecule has 0 aromatic heterocycles. The van der Waals surface area contributed by atoms with Crippen LogP contribution in [-0.2, 0) is 10.0 Å². The molecule has 0 saturated heterocycles. The lowest BCUT2D eigenvalue weighted by molar-refractivity contribution is 0.576. The van der Waals surface area contributed by atoms with Crippen LogP contribution in [0.15, 0.2) is 16.6 Å². The quantitative estimate of drug-likeness (QED) is 0.795. The average Bonchev–Trinajstić information content (AvgIpc) is 3.16. The van der Waals surface area contributed by atoms with Gasteiger partial charge in [-0.2, -0.15) is 0 Å². The summed E-state index contributed by atoms with van der Waals surface area (Å²) >= 11 is 9.39. The lowest BCUT2D eigenvalue weighted by atomic mass is 10.2. The molecule has 0 spiro atoms. The van der Waals surface area contributed by atoms with Gasteiger partial charge in [-0.15, -0.1) is 0 Å². The fourth-order valence-electron chi connectivity index (χ4n) is 1.71. The van der Waals surface area contributed by atoms with Gasteiger partial charge in [0.1, 0.15) is 0 Å². The molecule has 1 aromatic carbocycles. The van der Waals surface area contributed by atoms with Crippen LogP contribution in [0.2, 0.25) is 5.02 Å². The molecule has 1 aromatic rings. The summed E-state index contributed by atoms with van der Waals surface area (Å²) < 4.78 is 27.8. The molecule has 1 saturated carbocycles. The van der Waals surface area contributed by atoms with Crippen molar-refractivity contribution in [3.8, 4) is 0 Å². The zero-order chi connectivity index (χ0) is 14.9. The number of anilines is 1. The van der Waals surface area contributed by atoms with Crippen molar-refractivity contribution in [1.29, 1.82) is 0 Å². The van der Waals surface area contributed by atoms with Crippen molar-refractivity contribution in [1.82, 2.24) is 5.32 Å². The summed E-state index contributed by atoms with van der Waals surface area (Å²) in [5, 5.41) is 3.26. The van der Waals surface area contributed by atoms with E-state index in [2.05, 4.69) is 26.0 Å². The van der Waals surface area contributed by atoms with Crippen LogP contribution in [0.5, 0.6) is 0 Å². The maximum atomic E-state index is 12.3. The molecule has 0 aliphatic heterocycles. The summed E-state index contributed by atoms with van der Waals surface area (Å²) in [6, 6.07) is 3.92. The van der Waals surface area contributed by atoms with E-state index in [0.717, 1.165) is 18.4 Å². The van der Waals surface area contributed by atoms with Crippen molar-refractivity contribution in [2.75, 3.05) is 11.3 Å². The summed E-state index contributed by atoms with van der Waals surface area (Å²) in [6.45, 7) is 4.02. The molecular weight excluding hydrogens is 364 g/mol. The maximum absolute atomic E-state index is 12.3. The van der Waals surface area contributed by atoms with Gasteiger partial charge in [0.05, 0.1) is 10.9 Å². The maximum Gasteiger partial charge on any atom is 0.236 e. The van der Waals surface area contributed by atoms with Crippen LogP contribution >= 0.6 is 27.5 Å². The Labute approximate surface area is 133 Å². The van der Waals surface area contributed by atoms with E-state index in [-0.39, 0.29) is 0 Å². The predicted octanol–water partition coefficient (Wildman–Crippen LogP) is 3.29. The molecule has 2 rings (SSSR count). The molecule has 1 aliphatic carbocycles. The Kier molecular flexibility index (Phi) is 5.00. The summed E-state index contributed by atoms with van der Waals surface area (Å²) in [5.41, 5.74) is 1.36. The van der Waals surface area contributed by atoms with Crippen molar-refractivity contribution in [2.24, 2.45) is 0 Å². The third-order valence-electron chi connectivity index (χ3n) is 3.30. The van der Waals surface area contributed by atoms with Crippen LogP contribution in [0.4, 0.5) is 5.69 Å². The van der Waals surface area contributed by atoms with E-state index in [1.54, 1.807) is 19.1 Å². The first-order valence-electron chi connectivity index (χ1n) is 6.50. The molecule has 0 bridgehead atoms. The minimum atomic E-state index is -3.43. The topological polar surface area (TPSA) is 58.2 Å². The molecule has 7 heteroatoms. The van der Waals surface area contributed by atoms with E-state index in [1.165, 1.54) is 0 Å². The van der Waals surface area contributed by atoms with Crippen molar-refractivity contribution < 1.29 is 8.42 Å². The second kappa shape index (κ2) is 6.22. The first-order valence-corrected chi connectivity index (χ1v) is 9.22. The van der Waals surface area contributed by atoms with Crippen molar-refractivity contribution in [2.45, 2.75) is 38.0 Å². The number of sulfonamides is 1. The minimum absolute atomic E-state index is 0.456. The van der Waals surface area contributed by atoms with Gasteiger partial charge in [-0.1, -0.05) is 11.6 Å². The number of hydrogen-bond donors (Lipinski definition) is 2. The van der Waals surface area contributed by atoms with E-state index in [9.17, 15) is 8.42 Å². The molecule has 20 heavy (non-hydrogen) atoms. The highest BCUT2D eigenvalue weighted by molar-refractivity contribution is 9.10. The number of nitrogens with one attached hydrogen (secondary N) is 2.